The van der Waals surface area contributed by atoms with Crippen LogP contribution in [-0.2, 0) is 14.3 Å². The van der Waals surface area contributed by atoms with Crippen LogP contribution in [-0.4, -0.2) is 49.3 Å². The highest BCUT2D eigenvalue weighted by molar-refractivity contribution is 5.84. The number of urea groups is 1. The van der Waals surface area contributed by atoms with Gasteiger partial charge in [0.1, 0.15) is 6.04 Å². The number of hydrogen-bond acceptors (Lipinski definition) is 4. The number of hydrogen-bond donors (Lipinski definition) is 4. The second-order valence-electron chi connectivity index (χ2n) is 4.75. The molecule has 8 nitrogen and oxygen atoms in total. The second kappa shape index (κ2) is 7.57. The Kier molecular flexibility index (Phi) is 6.84. The number of carbonyl (C=O) groups is 3. The summed E-state index contributed by atoms with van der Waals surface area (Å²) in [4.78, 5) is 33.4. The second-order valence-corrected chi connectivity index (χ2v) is 4.75. The SMILES string of the molecule is COCCC(NC(=O)NCC(C)(C)C(N)=O)C(=O)O. The van der Waals surface area contributed by atoms with Crippen LogP contribution in [0.4, 0.5) is 4.79 Å². The first-order valence-electron chi connectivity index (χ1n) is 5.76. The number of nitrogens with one attached hydrogen (secondary N) is 2. The van der Waals surface area contributed by atoms with Crippen LogP contribution < -0.4 is 16.4 Å². The van der Waals surface area contributed by atoms with E-state index < -0.39 is 29.4 Å². The van der Waals surface area contributed by atoms with Crippen molar-refractivity contribution in [3.05, 3.63) is 0 Å². The molecule has 0 aliphatic heterocycles. The maximum absolute atomic E-state index is 11.5. The molecule has 0 heterocycles. The summed E-state index contributed by atoms with van der Waals surface area (Å²) in [6, 6.07) is -1.71. The minimum Gasteiger partial charge on any atom is -0.480 e. The molecule has 0 aliphatic rings. The normalized spacial score (nSPS) is 12.6. The van der Waals surface area contributed by atoms with Gasteiger partial charge in [0, 0.05) is 26.7 Å². The molecule has 0 aromatic rings. The van der Waals surface area contributed by atoms with Crippen LogP contribution in [0.15, 0.2) is 0 Å². The first kappa shape index (κ1) is 17.2. The number of ether oxygens (including phenoxy) is 1. The molecule has 0 aromatic carbocycles. The van der Waals surface area contributed by atoms with Gasteiger partial charge in [0.2, 0.25) is 5.91 Å². The van der Waals surface area contributed by atoms with Crippen LogP contribution in [0.5, 0.6) is 0 Å². The van der Waals surface area contributed by atoms with E-state index in [0.29, 0.717) is 0 Å². The van der Waals surface area contributed by atoms with Crippen molar-refractivity contribution >= 4 is 17.9 Å². The molecule has 3 amide bonds. The fraction of sp³-hybridized carbons (Fsp3) is 0.727. The lowest BCUT2D eigenvalue weighted by molar-refractivity contribution is -0.139. The highest BCUT2D eigenvalue weighted by Crippen LogP contribution is 2.11. The molecule has 0 bridgehead atoms. The highest BCUT2D eigenvalue weighted by atomic mass is 16.5. The molecule has 0 fully saturated rings. The summed E-state index contributed by atoms with van der Waals surface area (Å²) in [6.45, 7) is 3.39. The predicted molar refractivity (Wildman–Crippen MR) is 67.4 cm³/mol. The van der Waals surface area contributed by atoms with Gasteiger partial charge in [-0.3, -0.25) is 4.79 Å². The Morgan fingerprint density at radius 3 is 2.37 bits per heavy atom. The van der Waals surface area contributed by atoms with E-state index in [1.165, 1.54) is 7.11 Å². The number of carboxylic acids is 1. The minimum atomic E-state index is -1.15. The van der Waals surface area contributed by atoms with Crippen LogP contribution in [0.2, 0.25) is 0 Å². The maximum Gasteiger partial charge on any atom is 0.326 e. The molecule has 1 atom stereocenters. The molecule has 0 radical (unpaired) electrons. The van der Waals surface area contributed by atoms with Gasteiger partial charge in [-0.2, -0.15) is 0 Å². The number of carboxylic acid groups (broad SMARTS) is 1. The number of carbonyl (C=O) groups excluding carboxylic acids is 2. The third-order valence-electron chi connectivity index (χ3n) is 2.57. The minimum absolute atomic E-state index is 0.0186. The Bertz CT molecular complexity index is 343. The van der Waals surface area contributed by atoms with Crippen molar-refractivity contribution in [1.29, 1.82) is 0 Å². The third-order valence-corrected chi connectivity index (χ3v) is 2.57. The van der Waals surface area contributed by atoms with Gasteiger partial charge in [0.15, 0.2) is 0 Å². The van der Waals surface area contributed by atoms with E-state index in [9.17, 15) is 14.4 Å². The van der Waals surface area contributed by atoms with E-state index in [-0.39, 0.29) is 19.6 Å². The quantitative estimate of drug-likeness (QED) is 0.464. The fourth-order valence-electron chi connectivity index (χ4n) is 1.09. The fourth-order valence-corrected chi connectivity index (χ4v) is 1.09. The molecule has 110 valence electrons. The van der Waals surface area contributed by atoms with Gasteiger partial charge in [-0.15, -0.1) is 0 Å². The van der Waals surface area contributed by atoms with E-state index in [1.807, 2.05) is 0 Å². The highest BCUT2D eigenvalue weighted by Gasteiger charge is 2.26. The van der Waals surface area contributed by atoms with Gasteiger partial charge >= 0.3 is 12.0 Å². The van der Waals surface area contributed by atoms with Crippen LogP contribution >= 0.6 is 0 Å². The molecule has 0 spiro atoms. The van der Waals surface area contributed by atoms with Gasteiger partial charge in [-0.05, 0) is 13.8 Å². The van der Waals surface area contributed by atoms with Gasteiger partial charge in [-0.25, -0.2) is 9.59 Å². The molecule has 0 rings (SSSR count). The number of methoxy groups -OCH3 is 1. The van der Waals surface area contributed by atoms with Crippen LogP contribution in [0.25, 0.3) is 0 Å². The average molecular weight is 275 g/mol. The van der Waals surface area contributed by atoms with Crippen molar-refractivity contribution in [3.8, 4) is 0 Å². The lowest BCUT2D eigenvalue weighted by Crippen LogP contribution is -2.50. The largest absolute Gasteiger partial charge is 0.480 e. The molecule has 0 saturated heterocycles. The summed E-state index contributed by atoms with van der Waals surface area (Å²) in [5, 5.41) is 13.6. The van der Waals surface area contributed by atoms with Crippen molar-refractivity contribution in [2.24, 2.45) is 11.1 Å². The van der Waals surface area contributed by atoms with E-state index in [0.717, 1.165) is 0 Å². The van der Waals surface area contributed by atoms with E-state index in [1.54, 1.807) is 13.8 Å². The lowest BCUT2D eigenvalue weighted by atomic mass is 9.93. The predicted octanol–water partition coefficient (Wildman–Crippen LogP) is -0.713. The summed E-state index contributed by atoms with van der Waals surface area (Å²) in [5.41, 5.74) is 4.25. The van der Waals surface area contributed by atoms with Crippen molar-refractivity contribution in [1.82, 2.24) is 10.6 Å². The summed E-state index contributed by atoms with van der Waals surface area (Å²) < 4.78 is 4.75. The summed E-state index contributed by atoms with van der Waals surface area (Å²) >= 11 is 0. The monoisotopic (exact) mass is 275 g/mol. The van der Waals surface area contributed by atoms with E-state index in [2.05, 4.69) is 10.6 Å². The summed E-state index contributed by atoms with van der Waals surface area (Å²) in [6.07, 6.45) is 0.151. The molecule has 19 heavy (non-hydrogen) atoms. The van der Waals surface area contributed by atoms with Crippen molar-refractivity contribution in [2.45, 2.75) is 26.3 Å². The van der Waals surface area contributed by atoms with E-state index in [4.69, 9.17) is 15.6 Å². The van der Waals surface area contributed by atoms with Crippen LogP contribution in [0.1, 0.15) is 20.3 Å². The number of primary amides is 1. The van der Waals surface area contributed by atoms with Gasteiger partial charge in [0.05, 0.1) is 5.41 Å². The zero-order valence-corrected chi connectivity index (χ0v) is 11.4. The van der Waals surface area contributed by atoms with Gasteiger partial charge in [0.25, 0.3) is 0 Å². The number of nitrogens with two attached hydrogens (primary N) is 1. The number of amides is 3. The Morgan fingerprint density at radius 2 is 1.95 bits per heavy atom. The van der Waals surface area contributed by atoms with Gasteiger partial charge in [-0.1, -0.05) is 0 Å². The number of rotatable bonds is 8. The van der Waals surface area contributed by atoms with Crippen LogP contribution in [0, 0.1) is 5.41 Å². The molecule has 8 heteroatoms. The molecule has 0 saturated carbocycles. The summed E-state index contributed by atoms with van der Waals surface area (Å²) in [5.74, 6) is -1.71. The molecule has 1 unspecified atom stereocenters. The van der Waals surface area contributed by atoms with Gasteiger partial charge < -0.3 is 26.2 Å². The van der Waals surface area contributed by atoms with Crippen LogP contribution in [0.3, 0.4) is 0 Å². The Hall–Kier alpha value is -1.83. The van der Waals surface area contributed by atoms with Crippen molar-refractivity contribution < 1.29 is 24.2 Å². The Morgan fingerprint density at radius 1 is 1.37 bits per heavy atom. The molecule has 5 N–H and O–H groups in total. The zero-order chi connectivity index (χ0) is 15.1. The Labute approximate surface area is 111 Å². The molecular formula is C11H21N3O5. The topological polar surface area (TPSA) is 131 Å². The Balaban J connectivity index is 4.27. The first-order chi connectivity index (χ1) is 8.70. The standard InChI is InChI=1S/C11H21N3O5/c1-11(2,9(12)17)6-13-10(18)14-7(8(15)16)4-5-19-3/h7H,4-6H2,1-3H3,(H2,12,17)(H,15,16)(H2,13,14,18). The molecular weight excluding hydrogens is 254 g/mol. The van der Waals surface area contributed by atoms with Crippen molar-refractivity contribution in [3.63, 3.8) is 0 Å². The average Bonchev–Trinajstić information content (AvgIpc) is 2.31. The molecule has 0 aromatic heterocycles. The summed E-state index contributed by atoms with van der Waals surface area (Å²) in [7, 11) is 1.44. The lowest BCUT2D eigenvalue weighted by Gasteiger charge is -2.22. The zero-order valence-electron chi connectivity index (χ0n) is 11.4. The third kappa shape index (κ3) is 6.61. The first-order valence-corrected chi connectivity index (χ1v) is 5.76. The van der Waals surface area contributed by atoms with E-state index >= 15 is 0 Å². The maximum atomic E-state index is 11.5. The smallest absolute Gasteiger partial charge is 0.326 e. The number of aliphatic carboxylic acids is 1. The molecule has 0 aliphatic carbocycles. The van der Waals surface area contributed by atoms with Crippen molar-refractivity contribution in [2.75, 3.05) is 20.3 Å².